The van der Waals surface area contributed by atoms with Crippen LogP contribution in [0.5, 0.6) is 0 Å². The predicted octanol–water partition coefficient (Wildman–Crippen LogP) is 3.94. The Hall–Kier alpha value is -3.55. The number of amides is 5. The van der Waals surface area contributed by atoms with Gasteiger partial charge in [-0.25, -0.2) is 9.59 Å². The number of benzene rings is 2. The Morgan fingerprint density at radius 2 is 1.61 bits per heavy atom. The normalized spacial score (nSPS) is 15.7. The molecule has 164 valence electrons. The Balaban J connectivity index is 1.53. The summed E-state index contributed by atoms with van der Waals surface area (Å²) in [7, 11) is 1.61. The first kappa shape index (κ1) is 22.1. The predicted molar refractivity (Wildman–Crippen MR) is 122 cm³/mol. The van der Waals surface area contributed by atoms with Crippen molar-refractivity contribution in [3.05, 3.63) is 53.6 Å². The maximum absolute atomic E-state index is 12.5. The second-order valence-electron chi connectivity index (χ2n) is 7.80. The number of aryl methyl sites for hydroxylation is 2. The molecule has 1 aliphatic rings. The second kappa shape index (κ2) is 9.97. The molecule has 1 aliphatic heterocycles. The second-order valence-corrected chi connectivity index (χ2v) is 7.80. The van der Waals surface area contributed by atoms with Crippen LogP contribution in [-0.2, 0) is 4.79 Å². The van der Waals surface area contributed by atoms with Crippen molar-refractivity contribution in [1.29, 1.82) is 0 Å². The van der Waals surface area contributed by atoms with Crippen molar-refractivity contribution in [1.82, 2.24) is 10.2 Å². The fourth-order valence-corrected chi connectivity index (χ4v) is 3.66. The molecule has 2 aromatic carbocycles. The van der Waals surface area contributed by atoms with Gasteiger partial charge in [0.1, 0.15) is 0 Å². The number of anilines is 3. The molecule has 2 aromatic rings. The first-order valence-corrected chi connectivity index (χ1v) is 10.4. The number of carbonyl (C=O) groups excluding carboxylic acids is 3. The van der Waals surface area contributed by atoms with Gasteiger partial charge in [-0.2, -0.15) is 0 Å². The summed E-state index contributed by atoms with van der Waals surface area (Å²) in [5.41, 5.74) is 4.10. The third kappa shape index (κ3) is 5.97. The number of rotatable bonds is 4. The van der Waals surface area contributed by atoms with E-state index in [0.717, 1.165) is 29.7 Å². The summed E-state index contributed by atoms with van der Waals surface area (Å²) in [5, 5.41) is 11.1. The Morgan fingerprint density at radius 1 is 0.935 bits per heavy atom. The van der Waals surface area contributed by atoms with Gasteiger partial charge in [-0.15, -0.1) is 0 Å². The minimum atomic E-state index is -0.336. The number of urea groups is 2. The lowest BCUT2D eigenvalue weighted by Crippen LogP contribution is -2.46. The molecule has 5 amide bonds. The Labute approximate surface area is 182 Å². The zero-order valence-corrected chi connectivity index (χ0v) is 18.1. The summed E-state index contributed by atoms with van der Waals surface area (Å²) in [5.74, 6) is -0.209. The molecular weight excluding hydrogens is 394 g/mol. The molecule has 1 saturated heterocycles. The lowest BCUT2D eigenvalue weighted by molar-refractivity contribution is -0.125. The molecule has 3 rings (SSSR count). The van der Waals surface area contributed by atoms with Gasteiger partial charge in [-0.05, 0) is 62.6 Å². The fourth-order valence-electron chi connectivity index (χ4n) is 3.66. The van der Waals surface area contributed by atoms with E-state index >= 15 is 0 Å². The number of hydrogen-bond donors (Lipinski definition) is 4. The van der Waals surface area contributed by atoms with Gasteiger partial charge in [0, 0.05) is 37.2 Å². The zero-order chi connectivity index (χ0) is 22.4. The van der Waals surface area contributed by atoms with Crippen LogP contribution in [0.25, 0.3) is 0 Å². The molecule has 8 heteroatoms. The molecular formula is C23H29N5O3. The molecule has 1 atom stereocenters. The van der Waals surface area contributed by atoms with Crippen LogP contribution < -0.4 is 21.3 Å². The average Bonchev–Trinajstić information content (AvgIpc) is 2.76. The highest BCUT2D eigenvalue weighted by atomic mass is 16.2. The van der Waals surface area contributed by atoms with E-state index in [9.17, 15) is 14.4 Å². The average molecular weight is 424 g/mol. The molecule has 8 nitrogen and oxygen atoms in total. The van der Waals surface area contributed by atoms with E-state index < -0.39 is 0 Å². The van der Waals surface area contributed by atoms with Crippen LogP contribution >= 0.6 is 0 Å². The molecule has 0 aliphatic carbocycles. The number of likely N-dealkylation sites (tertiary alicyclic amines) is 1. The largest absolute Gasteiger partial charge is 0.359 e. The molecule has 0 saturated carbocycles. The van der Waals surface area contributed by atoms with Crippen LogP contribution in [0, 0.1) is 19.8 Å². The first-order chi connectivity index (χ1) is 14.9. The minimum absolute atomic E-state index is 0.0352. The van der Waals surface area contributed by atoms with Crippen molar-refractivity contribution in [3.8, 4) is 0 Å². The number of nitrogens with zero attached hydrogens (tertiary/aromatic N) is 1. The topological polar surface area (TPSA) is 103 Å². The van der Waals surface area contributed by atoms with Gasteiger partial charge in [0.15, 0.2) is 0 Å². The van der Waals surface area contributed by atoms with E-state index in [-0.39, 0.29) is 23.9 Å². The van der Waals surface area contributed by atoms with Crippen LogP contribution in [0.4, 0.5) is 26.7 Å². The zero-order valence-electron chi connectivity index (χ0n) is 18.1. The highest BCUT2D eigenvalue weighted by molar-refractivity contribution is 6.00. The van der Waals surface area contributed by atoms with Crippen LogP contribution in [-0.4, -0.2) is 43.0 Å². The molecule has 0 radical (unpaired) electrons. The van der Waals surface area contributed by atoms with Gasteiger partial charge in [0.05, 0.1) is 5.92 Å². The Morgan fingerprint density at radius 3 is 2.26 bits per heavy atom. The SMILES string of the molecule is CNC(=O)[C@@H]1CCCN(C(=O)Nc2ccc(NC(=O)Nc3ccc(C)cc3C)cc2)C1. The summed E-state index contributed by atoms with van der Waals surface area (Å²) < 4.78 is 0. The van der Waals surface area contributed by atoms with Crippen molar-refractivity contribution >= 4 is 35.0 Å². The molecule has 0 bridgehead atoms. The van der Waals surface area contributed by atoms with E-state index in [1.54, 1.807) is 36.2 Å². The molecule has 0 aromatic heterocycles. The summed E-state index contributed by atoms with van der Waals surface area (Å²) in [6.07, 6.45) is 1.58. The minimum Gasteiger partial charge on any atom is -0.359 e. The van der Waals surface area contributed by atoms with Crippen molar-refractivity contribution in [2.75, 3.05) is 36.1 Å². The van der Waals surface area contributed by atoms with Crippen molar-refractivity contribution in [2.24, 2.45) is 5.92 Å². The Bertz CT molecular complexity index is 958. The van der Waals surface area contributed by atoms with E-state index in [1.165, 1.54) is 0 Å². The summed E-state index contributed by atoms with van der Waals surface area (Å²) in [4.78, 5) is 38.3. The lowest BCUT2D eigenvalue weighted by atomic mass is 9.97. The standard InChI is InChI=1S/C23H29N5O3/c1-15-6-11-20(16(2)13-15)27-22(30)25-18-7-9-19(10-8-18)26-23(31)28-12-4-5-17(14-28)21(29)24-3/h6-11,13,17H,4-5,12,14H2,1-3H3,(H,24,29)(H,26,31)(H2,25,27,30)/t17-/m1/s1. The number of hydrogen-bond acceptors (Lipinski definition) is 3. The molecule has 31 heavy (non-hydrogen) atoms. The third-order valence-corrected chi connectivity index (χ3v) is 5.35. The summed E-state index contributed by atoms with van der Waals surface area (Å²) >= 11 is 0. The Kier molecular flexibility index (Phi) is 7.12. The smallest absolute Gasteiger partial charge is 0.323 e. The third-order valence-electron chi connectivity index (χ3n) is 5.35. The van der Waals surface area contributed by atoms with Gasteiger partial charge in [-0.3, -0.25) is 4.79 Å². The van der Waals surface area contributed by atoms with Gasteiger partial charge in [-0.1, -0.05) is 17.7 Å². The van der Waals surface area contributed by atoms with E-state index in [4.69, 9.17) is 0 Å². The van der Waals surface area contributed by atoms with E-state index in [0.29, 0.717) is 24.5 Å². The van der Waals surface area contributed by atoms with Crippen molar-refractivity contribution < 1.29 is 14.4 Å². The van der Waals surface area contributed by atoms with E-state index in [1.807, 2.05) is 32.0 Å². The number of piperidine rings is 1. The highest BCUT2D eigenvalue weighted by Crippen LogP contribution is 2.20. The van der Waals surface area contributed by atoms with Gasteiger partial charge in [0.2, 0.25) is 5.91 Å². The van der Waals surface area contributed by atoms with Gasteiger partial charge < -0.3 is 26.2 Å². The number of nitrogens with one attached hydrogen (secondary N) is 4. The van der Waals surface area contributed by atoms with Crippen LogP contribution in [0.1, 0.15) is 24.0 Å². The van der Waals surface area contributed by atoms with E-state index in [2.05, 4.69) is 21.3 Å². The quantitative estimate of drug-likeness (QED) is 0.599. The molecule has 0 unspecified atom stereocenters. The lowest BCUT2D eigenvalue weighted by Gasteiger charge is -2.31. The van der Waals surface area contributed by atoms with Gasteiger partial charge >= 0.3 is 12.1 Å². The maximum Gasteiger partial charge on any atom is 0.323 e. The van der Waals surface area contributed by atoms with Crippen LogP contribution in [0.15, 0.2) is 42.5 Å². The monoisotopic (exact) mass is 423 g/mol. The van der Waals surface area contributed by atoms with Crippen molar-refractivity contribution in [2.45, 2.75) is 26.7 Å². The van der Waals surface area contributed by atoms with Crippen molar-refractivity contribution in [3.63, 3.8) is 0 Å². The van der Waals surface area contributed by atoms with Crippen LogP contribution in [0.2, 0.25) is 0 Å². The van der Waals surface area contributed by atoms with Crippen LogP contribution in [0.3, 0.4) is 0 Å². The first-order valence-electron chi connectivity index (χ1n) is 10.4. The molecule has 1 heterocycles. The highest BCUT2D eigenvalue weighted by Gasteiger charge is 2.27. The molecule has 0 spiro atoms. The summed E-state index contributed by atoms with van der Waals surface area (Å²) in [6.45, 7) is 4.98. The molecule has 4 N–H and O–H groups in total. The number of carbonyl (C=O) groups is 3. The molecule has 1 fully saturated rings. The summed E-state index contributed by atoms with van der Waals surface area (Å²) in [6, 6.07) is 12.2. The van der Waals surface area contributed by atoms with Gasteiger partial charge in [0.25, 0.3) is 0 Å². The maximum atomic E-state index is 12.5. The fraction of sp³-hybridized carbons (Fsp3) is 0.348.